The van der Waals surface area contributed by atoms with Crippen molar-refractivity contribution in [1.29, 1.82) is 0 Å². The van der Waals surface area contributed by atoms with Gasteiger partial charge >= 0.3 is 5.97 Å². The van der Waals surface area contributed by atoms with Gasteiger partial charge in [0, 0.05) is 10.7 Å². The second-order valence-corrected chi connectivity index (χ2v) is 5.80. The van der Waals surface area contributed by atoms with Crippen molar-refractivity contribution in [3.8, 4) is 0 Å². The van der Waals surface area contributed by atoms with E-state index in [-0.39, 0.29) is 0 Å². The van der Waals surface area contributed by atoms with E-state index >= 15 is 0 Å². The molecule has 0 saturated heterocycles. The molecular formula is C18H18ClNO3. The first-order valence-corrected chi connectivity index (χ1v) is 7.59. The summed E-state index contributed by atoms with van der Waals surface area (Å²) in [4.78, 5) is 24.3. The third kappa shape index (κ3) is 4.57. The lowest BCUT2D eigenvalue weighted by atomic mass is 10.1. The number of carbonyl (C=O) groups is 2. The number of amides is 1. The van der Waals surface area contributed by atoms with Gasteiger partial charge in [-0.2, -0.15) is 0 Å². The maximum Gasteiger partial charge on any atom is 0.339 e. The zero-order chi connectivity index (χ0) is 17.0. The molecule has 120 valence electrons. The molecule has 0 fully saturated rings. The number of nitrogens with one attached hydrogen (secondary N) is 1. The Hall–Kier alpha value is -2.33. The summed E-state index contributed by atoms with van der Waals surface area (Å²) in [5.41, 5.74) is 2.89. The van der Waals surface area contributed by atoms with Crippen LogP contribution in [0.5, 0.6) is 0 Å². The van der Waals surface area contributed by atoms with Crippen LogP contribution in [0.2, 0.25) is 5.02 Å². The molecule has 0 aliphatic heterocycles. The third-order valence-electron chi connectivity index (χ3n) is 3.35. The molecule has 23 heavy (non-hydrogen) atoms. The molecule has 5 heteroatoms. The van der Waals surface area contributed by atoms with Crippen LogP contribution >= 0.6 is 11.6 Å². The zero-order valence-corrected chi connectivity index (χ0v) is 14.0. The monoisotopic (exact) mass is 331 g/mol. The summed E-state index contributed by atoms with van der Waals surface area (Å²) < 4.78 is 5.24. The summed E-state index contributed by atoms with van der Waals surface area (Å²) in [7, 11) is 0. The van der Waals surface area contributed by atoms with Gasteiger partial charge in [-0.3, -0.25) is 4.79 Å². The molecule has 0 saturated carbocycles. The molecular weight excluding hydrogens is 314 g/mol. The number of carbonyl (C=O) groups excluding carboxylic acids is 2. The number of esters is 1. The molecule has 0 aliphatic carbocycles. The van der Waals surface area contributed by atoms with E-state index in [4.69, 9.17) is 16.3 Å². The van der Waals surface area contributed by atoms with Crippen molar-refractivity contribution in [2.75, 3.05) is 5.32 Å². The van der Waals surface area contributed by atoms with E-state index < -0.39 is 18.0 Å². The number of hydrogen-bond acceptors (Lipinski definition) is 3. The summed E-state index contributed by atoms with van der Waals surface area (Å²) in [6.45, 7) is 5.31. The van der Waals surface area contributed by atoms with Crippen molar-refractivity contribution in [2.45, 2.75) is 26.9 Å². The van der Waals surface area contributed by atoms with E-state index in [1.807, 2.05) is 26.0 Å². The largest absolute Gasteiger partial charge is 0.449 e. The van der Waals surface area contributed by atoms with E-state index in [9.17, 15) is 9.59 Å². The molecule has 1 atom stereocenters. The molecule has 0 unspecified atom stereocenters. The van der Waals surface area contributed by atoms with Crippen LogP contribution in [0.25, 0.3) is 0 Å². The van der Waals surface area contributed by atoms with E-state index in [0.29, 0.717) is 16.3 Å². The van der Waals surface area contributed by atoms with Crippen LogP contribution < -0.4 is 5.32 Å². The molecule has 0 aliphatic rings. The van der Waals surface area contributed by atoms with Crippen LogP contribution in [0.4, 0.5) is 5.69 Å². The van der Waals surface area contributed by atoms with Gasteiger partial charge in [-0.15, -0.1) is 0 Å². The van der Waals surface area contributed by atoms with Crippen molar-refractivity contribution in [3.63, 3.8) is 0 Å². The number of anilines is 1. The fraction of sp³-hybridized carbons (Fsp3) is 0.222. The maximum absolute atomic E-state index is 12.2. The van der Waals surface area contributed by atoms with Crippen LogP contribution in [-0.4, -0.2) is 18.0 Å². The molecule has 1 N–H and O–H groups in total. The first kappa shape index (κ1) is 17.0. The van der Waals surface area contributed by atoms with Gasteiger partial charge in [0.1, 0.15) is 0 Å². The summed E-state index contributed by atoms with van der Waals surface area (Å²) in [5, 5.41) is 3.18. The second kappa shape index (κ2) is 7.29. The molecule has 4 nitrogen and oxygen atoms in total. The van der Waals surface area contributed by atoms with Crippen molar-refractivity contribution in [3.05, 3.63) is 64.2 Å². The molecule has 0 radical (unpaired) electrons. The standard InChI is InChI=1S/C18H18ClNO3/c1-11-7-8-16(12(2)9-11)18(22)23-13(3)17(21)20-15-6-4-5-14(19)10-15/h4-10,13H,1-3H3,(H,20,21)/t13-/m1/s1. The van der Waals surface area contributed by atoms with Crippen LogP contribution in [0.15, 0.2) is 42.5 Å². The molecule has 2 aromatic rings. The highest BCUT2D eigenvalue weighted by Crippen LogP contribution is 2.16. The second-order valence-electron chi connectivity index (χ2n) is 5.37. The van der Waals surface area contributed by atoms with Gasteiger partial charge in [-0.25, -0.2) is 4.79 Å². The Bertz CT molecular complexity index is 743. The molecule has 2 aromatic carbocycles. The van der Waals surface area contributed by atoms with E-state index in [1.165, 1.54) is 6.92 Å². The first-order chi connectivity index (χ1) is 10.9. The Kier molecular flexibility index (Phi) is 5.40. The Labute approximate surface area is 140 Å². The van der Waals surface area contributed by atoms with E-state index in [0.717, 1.165) is 11.1 Å². The number of hydrogen-bond donors (Lipinski definition) is 1. The highest BCUT2D eigenvalue weighted by atomic mass is 35.5. The van der Waals surface area contributed by atoms with Gasteiger partial charge < -0.3 is 10.1 Å². The number of rotatable bonds is 4. The predicted molar refractivity (Wildman–Crippen MR) is 90.9 cm³/mol. The Balaban J connectivity index is 2.01. The van der Waals surface area contributed by atoms with Crippen LogP contribution in [0.3, 0.4) is 0 Å². The number of benzene rings is 2. The zero-order valence-electron chi connectivity index (χ0n) is 13.2. The minimum Gasteiger partial charge on any atom is -0.449 e. The van der Waals surface area contributed by atoms with Crippen molar-refractivity contribution in [1.82, 2.24) is 0 Å². The van der Waals surface area contributed by atoms with Crippen LogP contribution in [0, 0.1) is 13.8 Å². The molecule has 0 spiro atoms. The molecule has 0 heterocycles. The fourth-order valence-corrected chi connectivity index (χ4v) is 2.32. The van der Waals surface area contributed by atoms with Gasteiger partial charge in [0.2, 0.25) is 0 Å². The summed E-state index contributed by atoms with van der Waals surface area (Å²) in [5.74, 6) is -0.929. The number of halogens is 1. The lowest BCUT2D eigenvalue weighted by Gasteiger charge is -2.14. The lowest BCUT2D eigenvalue weighted by molar-refractivity contribution is -0.123. The van der Waals surface area contributed by atoms with Crippen molar-refractivity contribution in [2.24, 2.45) is 0 Å². The number of ether oxygens (including phenoxy) is 1. The average molecular weight is 332 g/mol. The highest BCUT2D eigenvalue weighted by molar-refractivity contribution is 6.30. The smallest absolute Gasteiger partial charge is 0.339 e. The topological polar surface area (TPSA) is 55.4 Å². The number of aryl methyl sites for hydroxylation is 2. The van der Waals surface area contributed by atoms with Crippen molar-refractivity contribution >= 4 is 29.2 Å². The first-order valence-electron chi connectivity index (χ1n) is 7.21. The van der Waals surface area contributed by atoms with Gasteiger partial charge in [0.25, 0.3) is 5.91 Å². The van der Waals surface area contributed by atoms with Crippen molar-refractivity contribution < 1.29 is 14.3 Å². The van der Waals surface area contributed by atoms with E-state index in [1.54, 1.807) is 30.3 Å². The Morgan fingerprint density at radius 2 is 1.87 bits per heavy atom. The predicted octanol–water partition coefficient (Wildman–Crippen LogP) is 4.14. The molecule has 2 rings (SSSR count). The van der Waals surface area contributed by atoms with Gasteiger partial charge in [-0.05, 0) is 50.6 Å². The normalized spacial score (nSPS) is 11.7. The highest BCUT2D eigenvalue weighted by Gasteiger charge is 2.20. The SMILES string of the molecule is Cc1ccc(C(=O)O[C@H](C)C(=O)Nc2cccc(Cl)c2)c(C)c1. The summed E-state index contributed by atoms with van der Waals surface area (Å²) in [6.07, 6.45) is -0.915. The van der Waals surface area contributed by atoms with Gasteiger partial charge in [0.05, 0.1) is 5.56 Å². The minimum absolute atomic E-state index is 0.412. The van der Waals surface area contributed by atoms with Crippen LogP contribution in [-0.2, 0) is 9.53 Å². The molecule has 1 amide bonds. The summed E-state index contributed by atoms with van der Waals surface area (Å²) >= 11 is 5.87. The Morgan fingerprint density at radius 3 is 2.52 bits per heavy atom. The fourth-order valence-electron chi connectivity index (χ4n) is 2.13. The van der Waals surface area contributed by atoms with Gasteiger partial charge in [0.15, 0.2) is 6.10 Å². The Morgan fingerprint density at radius 1 is 1.13 bits per heavy atom. The molecule has 0 bridgehead atoms. The summed E-state index contributed by atoms with van der Waals surface area (Å²) in [6, 6.07) is 12.2. The van der Waals surface area contributed by atoms with Crippen LogP contribution in [0.1, 0.15) is 28.4 Å². The lowest BCUT2D eigenvalue weighted by Crippen LogP contribution is -2.30. The van der Waals surface area contributed by atoms with Gasteiger partial charge in [-0.1, -0.05) is 35.4 Å². The minimum atomic E-state index is -0.915. The maximum atomic E-state index is 12.2. The average Bonchev–Trinajstić information content (AvgIpc) is 2.46. The molecule has 0 aromatic heterocycles. The third-order valence-corrected chi connectivity index (χ3v) is 3.58. The quantitative estimate of drug-likeness (QED) is 0.857. The van der Waals surface area contributed by atoms with E-state index in [2.05, 4.69) is 5.32 Å².